The van der Waals surface area contributed by atoms with Gasteiger partial charge in [0.25, 0.3) is 0 Å². The highest BCUT2D eigenvalue weighted by Crippen LogP contribution is 2.26. The summed E-state index contributed by atoms with van der Waals surface area (Å²) in [5.74, 6) is 0.148. The molecular formula is C21H20BrNO3. The number of rotatable bonds is 6. The van der Waals surface area contributed by atoms with E-state index in [0.29, 0.717) is 6.61 Å². The zero-order valence-corrected chi connectivity index (χ0v) is 16.6. The van der Waals surface area contributed by atoms with Crippen molar-refractivity contribution in [2.24, 2.45) is 0 Å². The maximum Gasteiger partial charge on any atom is 0.348 e. The second-order valence-corrected chi connectivity index (χ2v) is 6.60. The molecule has 0 atom stereocenters. The molecule has 0 radical (unpaired) electrons. The molecule has 2 aromatic carbocycles. The summed E-state index contributed by atoms with van der Waals surface area (Å²) in [6.07, 6.45) is 1.56. The molecule has 26 heavy (non-hydrogen) atoms. The van der Waals surface area contributed by atoms with Gasteiger partial charge < -0.3 is 9.47 Å². The number of carbonyl (C=O) groups is 1. The Morgan fingerprint density at radius 1 is 1.23 bits per heavy atom. The Hall–Kier alpha value is -2.58. The van der Waals surface area contributed by atoms with E-state index >= 15 is 0 Å². The van der Waals surface area contributed by atoms with E-state index in [4.69, 9.17) is 9.47 Å². The number of ether oxygens (including phenoxy) is 2. The van der Waals surface area contributed by atoms with Crippen molar-refractivity contribution in [2.75, 3.05) is 6.61 Å². The number of benzene rings is 2. The van der Waals surface area contributed by atoms with Crippen molar-refractivity contribution in [2.45, 2.75) is 27.4 Å². The lowest BCUT2D eigenvalue weighted by Crippen LogP contribution is -2.06. The van der Waals surface area contributed by atoms with Crippen molar-refractivity contribution in [3.05, 3.63) is 68.7 Å². The third-order valence-electron chi connectivity index (χ3n) is 3.86. The first kappa shape index (κ1) is 19.7. The van der Waals surface area contributed by atoms with Crippen LogP contribution in [0.5, 0.6) is 5.75 Å². The highest BCUT2D eigenvalue weighted by atomic mass is 79.9. The Labute approximate surface area is 162 Å². The van der Waals surface area contributed by atoms with Gasteiger partial charge >= 0.3 is 5.97 Å². The Morgan fingerprint density at radius 3 is 2.62 bits per heavy atom. The van der Waals surface area contributed by atoms with Gasteiger partial charge in [-0.3, -0.25) is 0 Å². The molecule has 0 saturated heterocycles. The molecule has 0 spiro atoms. The van der Waals surface area contributed by atoms with Gasteiger partial charge in [-0.15, -0.1) is 0 Å². The summed E-state index contributed by atoms with van der Waals surface area (Å²) in [4.78, 5) is 11.8. The second-order valence-electron chi connectivity index (χ2n) is 5.74. The highest BCUT2D eigenvalue weighted by Gasteiger charge is 2.12. The van der Waals surface area contributed by atoms with Crippen molar-refractivity contribution in [3.63, 3.8) is 0 Å². The number of hydrogen-bond acceptors (Lipinski definition) is 4. The standard InChI is InChI=1S/C21H20BrNO3/c1-4-25-21(24)17(12-23)10-16-11-18(15(3)9-14(16)2)13-26-20-8-6-5-7-19(20)22/h5-11H,4,13H2,1-3H3. The van der Waals surface area contributed by atoms with Crippen molar-refractivity contribution < 1.29 is 14.3 Å². The van der Waals surface area contributed by atoms with Crippen LogP contribution < -0.4 is 4.74 Å². The summed E-state index contributed by atoms with van der Waals surface area (Å²) in [7, 11) is 0. The third kappa shape index (κ3) is 4.96. The first-order chi connectivity index (χ1) is 12.5. The lowest BCUT2D eigenvalue weighted by Gasteiger charge is -2.13. The minimum absolute atomic E-state index is 0.0172. The average Bonchev–Trinajstić information content (AvgIpc) is 2.61. The van der Waals surface area contributed by atoms with Crippen LogP contribution in [0.1, 0.15) is 29.2 Å². The molecule has 0 aliphatic carbocycles. The molecular weight excluding hydrogens is 394 g/mol. The third-order valence-corrected chi connectivity index (χ3v) is 4.52. The molecule has 0 bridgehead atoms. The number of hydrogen-bond donors (Lipinski definition) is 0. The van der Waals surface area contributed by atoms with Gasteiger partial charge in [0.1, 0.15) is 24.0 Å². The number of esters is 1. The molecule has 0 aliphatic rings. The predicted octanol–water partition coefficient (Wildman–Crippen LogP) is 5.12. The van der Waals surface area contributed by atoms with Gasteiger partial charge in [-0.2, -0.15) is 5.26 Å². The van der Waals surface area contributed by atoms with E-state index in [-0.39, 0.29) is 12.2 Å². The van der Waals surface area contributed by atoms with E-state index in [1.165, 1.54) is 0 Å². The van der Waals surface area contributed by atoms with Crippen molar-refractivity contribution in [1.82, 2.24) is 0 Å². The summed E-state index contributed by atoms with van der Waals surface area (Å²) in [6.45, 7) is 6.28. The molecule has 134 valence electrons. The number of nitrogens with zero attached hydrogens (tertiary/aromatic N) is 1. The van der Waals surface area contributed by atoms with Crippen LogP contribution in [-0.2, 0) is 16.1 Å². The molecule has 0 saturated carbocycles. The summed E-state index contributed by atoms with van der Waals surface area (Å²) < 4.78 is 11.7. The van der Waals surface area contributed by atoms with Crippen LogP contribution in [0.4, 0.5) is 0 Å². The maximum absolute atomic E-state index is 11.8. The first-order valence-electron chi connectivity index (χ1n) is 8.22. The highest BCUT2D eigenvalue weighted by molar-refractivity contribution is 9.10. The second kappa shape index (κ2) is 9.21. The van der Waals surface area contributed by atoms with Crippen molar-refractivity contribution >= 4 is 28.0 Å². The van der Waals surface area contributed by atoms with Gasteiger partial charge in [0.05, 0.1) is 11.1 Å². The van der Waals surface area contributed by atoms with Crippen molar-refractivity contribution in [3.8, 4) is 11.8 Å². The Morgan fingerprint density at radius 2 is 1.96 bits per heavy atom. The fourth-order valence-corrected chi connectivity index (χ4v) is 2.84. The number of carbonyl (C=O) groups excluding carboxylic acids is 1. The van der Waals surface area contributed by atoms with E-state index in [1.807, 2.05) is 56.3 Å². The number of nitriles is 1. The molecule has 0 amide bonds. The topological polar surface area (TPSA) is 59.3 Å². The van der Waals surface area contributed by atoms with Gasteiger partial charge in [-0.05, 0) is 83.2 Å². The van der Waals surface area contributed by atoms with Gasteiger partial charge in [0.2, 0.25) is 0 Å². The quantitative estimate of drug-likeness (QED) is 0.374. The Kier molecular flexibility index (Phi) is 6.99. The van der Waals surface area contributed by atoms with Gasteiger partial charge in [0.15, 0.2) is 0 Å². The molecule has 0 N–H and O–H groups in total. The van der Waals surface area contributed by atoms with E-state index < -0.39 is 5.97 Å². The minimum Gasteiger partial charge on any atom is -0.488 e. The molecule has 0 fully saturated rings. The largest absolute Gasteiger partial charge is 0.488 e. The monoisotopic (exact) mass is 413 g/mol. The molecule has 2 aromatic rings. The fraction of sp³-hybridized carbons (Fsp3) is 0.238. The zero-order valence-electron chi connectivity index (χ0n) is 15.0. The van der Waals surface area contributed by atoms with E-state index in [0.717, 1.165) is 32.5 Å². The number of halogens is 1. The predicted molar refractivity (Wildman–Crippen MR) is 105 cm³/mol. The average molecular weight is 414 g/mol. The molecule has 4 nitrogen and oxygen atoms in total. The minimum atomic E-state index is -0.610. The molecule has 5 heteroatoms. The Balaban J connectivity index is 2.30. The van der Waals surface area contributed by atoms with E-state index in [9.17, 15) is 10.1 Å². The van der Waals surface area contributed by atoms with Crippen molar-refractivity contribution in [1.29, 1.82) is 5.26 Å². The van der Waals surface area contributed by atoms with Crippen LogP contribution in [-0.4, -0.2) is 12.6 Å². The summed E-state index contributed by atoms with van der Waals surface area (Å²) in [5.41, 5.74) is 3.83. The SMILES string of the molecule is CCOC(=O)C(C#N)=Cc1cc(COc2ccccc2Br)c(C)cc1C. The van der Waals surface area contributed by atoms with Gasteiger partial charge in [-0.1, -0.05) is 18.2 Å². The van der Waals surface area contributed by atoms with Crippen LogP contribution in [0, 0.1) is 25.2 Å². The lowest BCUT2D eigenvalue weighted by atomic mass is 9.98. The van der Waals surface area contributed by atoms with Crippen LogP contribution in [0.3, 0.4) is 0 Å². The van der Waals surface area contributed by atoms with Crippen LogP contribution in [0.2, 0.25) is 0 Å². The molecule has 2 rings (SSSR count). The first-order valence-corrected chi connectivity index (χ1v) is 9.02. The number of aryl methyl sites for hydroxylation is 2. The normalized spacial score (nSPS) is 11.0. The molecule has 0 aromatic heterocycles. The Bertz CT molecular complexity index is 881. The number of para-hydroxylation sites is 1. The molecule has 0 unspecified atom stereocenters. The van der Waals surface area contributed by atoms with Crippen LogP contribution in [0.25, 0.3) is 6.08 Å². The van der Waals surface area contributed by atoms with Crippen LogP contribution >= 0.6 is 15.9 Å². The van der Waals surface area contributed by atoms with E-state index in [2.05, 4.69) is 15.9 Å². The maximum atomic E-state index is 11.8. The lowest BCUT2D eigenvalue weighted by molar-refractivity contribution is -0.137. The summed E-state index contributed by atoms with van der Waals surface area (Å²) in [6, 6.07) is 13.5. The molecule has 0 heterocycles. The summed E-state index contributed by atoms with van der Waals surface area (Å²) >= 11 is 3.47. The molecule has 0 aliphatic heterocycles. The zero-order chi connectivity index (χ0) is 19.1. The van der Waals surface area contributed by atoms with Crippen LogP contribution in [0.15, 0.2) is 46.4 Å². The fourth-order valence-electron chi connectivity index (χ4n) is 2.45. The summed E-state index contributed by atoms with van der Waals surface area (Å²) in [5, 5.41) is 9.23. The smallest absolute Gasteiger partial charge is 0.348 e. The van der Waals surface area contributed by atoms with Gasteiger partial charge in [0, 0.05) is 0 Å². The van der Waals surface area contributed by atoms with Gasteiger partial charge in [-0.25, -0.2) is 4.79 Å². The van der Waals surface area contributed by atoms with E-state index in [1.54, 1.807) is 13.0 Å².